The first-order chi connectivity index (χ1) is 19.7. The second-order valence-electron chi connectivity index (χ2n) is 10.8. The van der Waals surface area contributed by atoms with E-state index in [1.165, 1.54) is 19.2 Å². The third kappa shape index (κ3) is 4.59. The molecular formula is C32H32N2O6S. The number of aryl methyl sites for hydroxylation is 1. The van der Waals surface area contributed by atoms with Crippen LogP contribution in [0.5, 0.6) is 0 Å². The number of methoxy groups -OCH3 is 1. The molecule has 3 aliphatic rings. The van der Waals surface area contributed by atoms with Gasteiger partial charge in [-0.1, -0.05) is 66.2 Å². The Kier molecular flexibility index (Phi) is 6.87. The Balaban J connectivity index is 1.43. The highest BCUT2D eigenvalue weighted by atomic mass is 32.2. The molecule has 2 heterocycles. The molecule has 6 rings (SSSR count). The number of carbonyl (C=O) groups is 1. The lowest BCUT2D eigenvalue weighted by atomic mass is 9.64. The van der Waals surface area contributed by atoms with Crippen molar-refractivity contribution in [1.82, 2.24) is 4.90 Å². The lowest BCUT2D eigenvalue weighted by Crippen LogP contribution is -2.49. The molecule has 8 nitrogen and oxygen atoms in total. The number of rotatable bonds is 7. The number of hydrogen-bond donors (Lipinski definition) is 2. The molecular weight excluding hydrogens is 540 g/mol. The van der Waals surface area contributed by atoms with Crippen molar-refractivity contribution < 1.29 is 27.2 Å². The summed E-state index contributed by atoms with van der Waals surface area (Å²) in [6, 6.07) is 24.4. The molecule has 1 unspecified atom stereocenters. The first-order valence-electron chi connectivity index (χ1n) is 13.6. The van der Waals surface area contributed by atoms with Gasteiger partial charge in [-0.2, -0.15) is 8.42 Å². The number of nitrogens with zero attached hydrogens (tertiary/aromatic N) is 1. The number of benzene rings is 3. The maximum Gasteiger partial charge on any atom is 0.338 e. The Labute approximate surface area is 240 Å². The minimum Gasteiger partial charge on any atom is -0.508 e. The van der Waals surface area contributed by atoms with E-state index in [1.54, 1.807) is 12.1 Å². The summed E-state index contributed by atoms with van der Waals surface area (Å²) in [7, 11) is -2.87. The summed E-state index contributed by atoms with van der Waals surface area (Å²) in [5, 5.41) is 14.8. The van der Waals surface area contributed by atoms with Gasteiger partial charge in [0, 0.05) is 30.5 Å². The molecule has 2 aliphatic heterocycles. The van der Waals surface area contributed by atoms with E-state index in [0.29, 0.717) is 18.7 Å². The number of esters is 1. The quantitative estimate of drug-likeness (QED) is 0.227. The van der Waals surface area contributed by atoms with Crippen molar-refractivity contribution in [2.24, 2.45) is 5.92 Å². The van der Waals surface area contributed by atoms with Gasteiger partial charge in [-0.05, 0) is 49.1 Å². The Bertz CT molecular complexity index is 1650. The van der Waals surface area contributed by atoms with Crippen LogP contribution < -0.4 is 5.32 Å². The van der Waals surface area contributed by atoms with E-state index >= 15 is 0 Å². The molecule has 0 amide bonds. The predicted molar refractivity (Wildman–Crippen MR) is 154 cm³/mol. The summed E-state index contributed by atoms with van der Waals surface area (Å²) >= 11 is 0. The van der Waals surface area contributed by atoms with Crippen molar-refractivity contribution in [1.29, 1.82) is 0 Å². The van der Waals surface area contributed by atoms with Gasteiger partial charge in [-0.15, -0.1) is 0 Å². The maximum atomic E-state index is 13.4. The molecule has 1 aliphatic carbocycles. The van der Waals surface area contributed by atoms with Gasteiger partial charge in [-0.3, -0.25) is 4.90 Å². The van der Waals surface area contributed by atoms with Crippen LogP contribution >= 0.6 is 0 Å². The smallest absolute Gasteiger partial charge is 0.338 e. The van der Waals surface area contributed by atoms with Crippen molar-refractivity contribution in [2.75, 3.05) is 19.0 Å². The van der Waals surface area contributed by atoms with Crippen molar-refractivity contribution in [2.45, 2.75) is 42.7 Å². The van der Waals surface area contributed by atoms with E-state index in [-0.39, 0.29) is 22.3 Å². The predicted octanol–water partition coefficient (Wildman–Crippen LogP) is 5.18. The summed E-state index contributed by atoms with van der Waals surface area (Å²) in [4.78, 5) is 15.7. The molecule has 2 N–H and O–H groups in total. The molecule has 3 atom stereocenters. The van der Waals surface area contributed by atoms with Crippen LogP contribution in [-0.2, 0) is 35.8 Å². The van der Waals surface area contributed by atoms with Crippen LogP contribution in [0.25, 0.3) is 0 Å². The largest absolute Gasteiger partial charge is 0.508 e. The van der Waals surface area contributed by atoms with E-state index in [1.807, 2.05) is 43.3 Å². The molecule has 0 radical (unpaired) electrons. The average Bonchev–Trinajstić information content (AvgIpc) is 3.52. The summed E-state index contributed by atoms with van der Waals surface area (Å²) in [6.07, 6.45) is 1.99. The standard InChI is InChI=1S/C32H32N2O6S/c1-21-12-14-23(15-13-21)41(37,38)40-20-27(35)24-18-28-32(16-17-34(28)19-22-8-4-3-5-9-22)25-10-6-7-11-26(25)33-30(32)29(24)31(36)39-2/h3-15,20,24,28,33,35H,16-19H2,1-2H3/b27-20-/t24?,28-,32+/m0/s1. The number of para-hydroxylation sites is 1. The van der Waals surface area contributed by atoms with Gasteiger partial charge < -0.3 is 19.3 Å². The van der Waals surface area contributed by atoms with Crippen LogP contribution in [0.1, 0.15) is 29.5 Å². The molecule has 1 saturated heterocycles. The molecule has 1 spiro atoms. The Morgan fingerprint density at radius 1 is 1.07 bits per heavy atom. The molecule has 212 valence electrons. The number of allylic oxidation sites excluding steroid dienone is 1. The molecule has 3 aromatic rings. The second-order valence-corrected chi connectivity index (χ2v) is 12.4. The monoisotopic (exact) mass is 572 g/mol. The normalized spacial score (nSPS) is 23.8. The van der Waals surface area contributed by atoms with Crippen LogP contribution in [0.4, 0.5) is 5.69 Å². The number of ether oxygens (including phenoxy) is 1. The third-order valence-corrected chi connectivity index (χ3v) is 9.79. The van der Waals surface area contributed by atoms with Gasteiger partial charge >= 0.3 is 16.1 Å². The first-order valence-corrected chi connectivity index (χ1v) is 15.0. The molecule has 1 fully saturated rings. The summed E-state index contributed by atoms with van der Waals surface area (Å²) < 4.78 is 36.1. The zero-order valence-electron chi connectivity index (χ0n) is 22.9. The third-order valence-electron chi connectivity index (χ3n) is 8.59. The molecule has 0 saturated carbocycles. The van der Waals surface area contributed by atoms with Crippen molar-refractivity contribution in [3.63, 3.8) is 0 Å². The Morgan fingerprint density at radius 2 is 1.78 bits per heavy atom. The number of nitrogens with one attached hydrogen (secondary N) is 1. The van der Waals surface area contributed by atoms with Crippen LogP contribution in [0.3, 0.4) is 0 Å². The van der Waals surface area contributed by atoms with Crippen molar-refractivity contribution in [3.05, 3.63) is 119 Å². The van der Waals surface area contributed by atoms with Gasteiger partial charge in [0.1, 0.15) is 16.9 Å². The van der Waals surface area contributed by atoms with Crippen LogP contribution in [-0.4, -0.2) is 44.1 Å². The van der Waals surface area contributed by atoms with Crippen molar-refractivity contribution in [3.8, 4) is 0 Å². The van der Waals surface area contributed by atoms with E-state index < -0.39 is 27.4 Å². The van der Waals surface area contributed by atoms with Crippen LogP contribution in [0.2, 0.25) is 0 Å². The number of hydrogen-bond acceptors (Lipinski definition) is 8. The summed E-state index contributed by atoms with van der Waals surface area (Å²) in [5.41, 5.74) is 4.58. The number of anilines is 1. The zero-order chi connectivity index (χ0) is 28.8. The fourth-order valence-corrected chi connectivity index (χ4v) is 7.49. The van der Waals surface area contributed by atoms with Gasteiger partial charge in [0.05, 0.1) is 24.0 Å². The van der Waals surface area contributed by atoms with Crippen molar-refractivity contribution >= 4 is 21.8 Å². The fourth-order valence-electron chi connectivity index (χ4n) is 6.68. The Morgan fingerprint density at radius 3 is 2.51 bits per heavy atom. The summed E-state index contributed by atoms with van der Waals surface area (Å²) in [5.74, 6) is -1.78. The number of likely N-dealkylation sites (tertiary alicyclic amines) is 1. The van der Waals surface area contributed by atoms with Crippen LogP contribution in [0, 0.1) is 12.8 Å². The average molecular weight is 573 g/mol. The zero-order valence-corrected chi connectivity index (χ0v) is 23.7. The lowest BCUT2D eigenvalue weighted by Gasteiger charge is -2.43. The summed E-state index contributed by atoms with van der Waals surface area (Å²) in [6.45, 7) is 3.34. The minimum absolute atomic E-state index is 0.0286. The Hall–Kier alpha value is -4.08. The molecule has 9 heteroatoms. The van der Waals surface area contributed by atoms with E-state index in [9.17, 15) is 18.3 Å². The fraction of sp³-hybridized carbons (Fsp3) is 0.281. The topological polar surface area (TPSA) is 105 Å². The SMILES string of the molecule is COC(=O)C1=C2Nc3ccccc3[C@@]23CCN(Cc2ccccc2)[C@H]3CC1/C(O)=C/OS(=O)(=O)c1ccc(C)cc1. The first kappa shape index (κ1) is 27.1. The van der Waals surface area contributed by atoms with E-state index in [2.05, 4.69) is 28.4 Å². The number of carbonyl (C=O) groups excluding carboxylic acids is 1. The second kappa shape index (κ2) is 10.4. The maximum absolute atomic E-state index is 13.4. The number of fused-ring (bicyclic) bond motifs is 1. The molecule has 41 heavy (non-hydrogen) atoms. The van der Waals surface area contributed by atoms with Crippen LogP contribution in [0.15, 0.2) is 107 Å². The number of aliphatic hydroxyl groups excluding tert-OH is 1. The van der Waals surface area contributed by atoms with E-state index in [4.69, 9.17) is 8.92 Å². The van der Waals surface area contributed by atoms with E-state index in [0.717, 1.165) is 41.6 Å². The number of aliphatic hydroxyl groups is 1. The molecule has 3 aromatic carbocycles. The van der Waals surface area contributed by atoms with Gasteiger partial charge in [0.15, 0.2) is 0 Å². The lowest BCUT2D eigenvalue weighted by molar-refractivity contribution is -0.137. The highest BCUT2D eigenvalue weighted by Gasteiger charge is 2.60. The minimum atomic E-state index is -4.18. The van der Waals surface area contributed by atoms with Gasteiger partial charge in [0.2, 0.25) is 0 Å². The van der Waals surface area contributed by atoms with Gasteiger partial charge in [0.25, 0.3) is 0 Å². The molecule has 0 bridgehead atoms. The highest BCUT2D eigenvalue weighted by molar-refractivity contribution is 7.86. The highest BCUT2D eigenvalue weighted by Crippen LogP contribution is 2.59. The molecule has 0 aromatic heterocycles. The van der Waals surface area contributed by atoms with Gasteiger partial charge in [-0.25, -0.2) is 4.79 Å².